The summed E-state index contributed by atoms with van der Waals surface area (Å²) in [5.41, 5.74) is 2.26. The molecule has 2 amide bonds. The van der Waals surface area contributed by atoms with Gasteiger partial charge in [-0.3, -0.25) is 14.4 Å². The van der Waals surface area contributed by atoms with E-state index in [1.807, 2.05) is 12.1 Å². The number of anilines is 2. The molecule has 1 fully saturated rings. The molecule has 1 N–H and O–H groups in total. The number of imide groups is 1. The van der Waals surface area contributed by atoms with Crippen molar-refractivity contribution in [2.75, 3.05) is 29.5 Å². The summed E-state index contributed by atoms with van der Waals surface area (Å²) in [6, 6.07) is 14.3. The highest BCUT2D eigenvalue weighted by Gasteiger charge is 2.36. The Morgan fingerprint density at radius 1 is 1.13 bits per heavy atom. The molecule has 0 aromatic heterocycles. The van der Waals surface area contributed by atoms with Crippen LogP contribution in [0, 0.1) is 0 Å². The zero-order valence-corrected chi connectivity index (χ0v) is 18.2. The summed E-state index contributed by atoms with van der Waals surface area (Å²) in [4.78, 5) is 39.7. The zero-order chi connectivity index (χ0) is 22.4. The molecule has 3 rings (SSSR count). The lowest BCUT2D eigenvalue weighted by Crippen LogP contribution is -2.28. The van der Waals surface area contributed by atoms with Gasteiger partial charge in [0, 0.05) is 18.8 Å². The molecule has 1 aliphatic rings. The number of carboxylic acids is 1. The standard InChI is InChI=1S/C23H24N2O5S/c1-3-24(4-2)17-8-10-18(11-9-17)25-22(28)20(31-23(25)29)15-16-6-5-7-19(14-16)30-13-12-21(26)27/h5-11,14-15H,3-4,12-13H2,1-2H3,(H,26,27)/b20-15+. The fourth-order valence-corrected chi connectivity index (χ4v) is 4.03. The molecule has 8 heteroatoms. The van der Waals surface area contributed by atoms with E-state index in [4.69, 9.17) is 9.84 Å². The second kappa shape index (κ2) is 10.2. The van der Waals surface area contributed by atoms with Crippen LogP contribution in [0.4, 0.5) is 16.2 Å². The molecule has 31 heavy (non-hydrogen) atoms. The minimum absolute atomic E-state index is 0.0544. The fourth-order valence-electron chi connectivity index (χ4n) is 3.19. The van der Waals surface area contributed by atoms with Gasteiger partial charge in [-0.2, -0.15) is 0 Å². The van der Waals surface area contributed by atoms with Gasteiger partial charge >= 0.3 is 5.97 Å². The van der Waals surface area contributed by atoms with Crippen LogP contribution in [0.1, 0.15) is 25.8 Å². The van der Waals surface area contributed by atoms with Gasteiger partial charge in [-0.25, -0.2) is 4.90 Å². The summed E-state index contributed by atoms with van der Waals surface area (Å²) in [5, 5.41) is 8.36. The number of carbonyl (C=O) groups excluding carboxylic acids is 2. The molecule has 7 nitrogen and oxygen atoms in total. The third kappa shape index (κ3) is 5.46. The molecule has 2 aromatic rings. The Kier molecular flexibility index (Phi) is 7.36. The van der Waals surface area contributed by atoms with Gasteiger partial charge < -0.3 is 14.7 Å². The third-order valence-corrected chi connectivity index (χ3v) is 5.64. The monoisotopic (exact) mass is 440 g/mol. The van der Waals surface area contributed by atoms with E-state index >= 15 is 0 Å². The molecule has 2 aromatic carbocycles. The fraction of sp³-hybridized carbons (Fsp3) is 0.261. The minimum atomic E-state index is -0.935. The summed E-state index contributed by atoms with van der Waals surface area (Å²) >= 11 is 0.888. The van der Waals surface area contributed by atoms with Gasteiger partial charge in [0.1, 0.15) is 5.75 Å². The second-order valence-electron chi connectivity index (χ2n) is 6.77. The van der Waals surface area contributed by atoms with Crippen molar-refractivity contribution >= 4 is 46.3 Å². The van der Waals surface area contributed by atoms with Crippen molar-refractivity contribution in [3.63, 3.8) is 0 Å². The highest BCUT2D eigenvalue weighted by atomic mass is 32.2. The van der Waals surface area contributed by atoms with Crippen LogP contribution in [0.25, 0.3) is 6.08 Å². The van der Waals surface area contributed by atoms with Gasteiger partial charge in [0.25, 0.3) is 11.1 Å². The number of amides is 2. The van der Waals surface area contributed by atoms with Crippen LogP contribution < -0.4 is 14.5 Å². The van der Waals surface area contributed by atoms with Crippen LogP contribution in [0.15, 0.2) is 53.4 Å². The van der Waals surface area contributed by atoms with E-state index in [9.17, 15) is 14.4 Å². The van der Waals surface area contributed by atoms with E-state index in [1.165, 1.54) is 4.90 Å². The van der Waals surface area contributed by atoms with Crippen LogP contribution in [0.2, 0.25) is 0 Å². The predicted molar refractivity (Wildman–Crippen MR) is 123 cm³/mol. The van der Waals surface area contributed by atoms with E-state index in [0.717, 1.165) is 30.5 Å². The van der Waals surface area contributed by atoms with Crippen molar-refractivity contribution in [1.82, 2.24) is 0 Å². The average molecular weight is 441 g/mol. The lowest BCUT2D eigenvalue weighted by atomic mass is 10.2. The Balaban J connectivity index is 1.75. The van der Waals surface area contributed by atoms with Crippen molar-refractivity contribution in [3.05, 3.63) is 59.0 Å². The number of hydrogen-bond donors (Lipinski definition) is 1. The molecule has 0 atom stereocenters. The van der Waals surface area contributed by atoms with Crippen LogP contribution in [0.3, 0.4) is 0 Å². The number of aliphatic carboxylic acids is 1. The normalized spacial score (nSPS) is 14.9. The summed E-state index contributed by atoms with van der Waals surface area (Å²) in [5.74, 6) is -0.807. The third-order valence-electron chi connectivity index (χ3n) is 4.77. The number of thioether (sulfide) groups is 1. The highest BCUT2D eigenvalue weighted by molar-refractivity contribution is 8.19. The van der Waals surface area contributed by atoms with E-state index < -0.39 is 5.97 Å². The largest absolute Gasteiger partial charge is 0.493 e. The molecule has 0 spiro atoms. The number of benzene rings is 2. The maximum absolute atomic E-state index is 12.9. The average Bonchev–Trinajstić information content (AvgIpc) is 3.02. The molecular weight excluding hydrogens is 416 g/mol. The molecule has 0 radical (unpaired) electrons. The zero-order valence-electron chi connectivity index (χ0n) is 17.4. The van der Waals surface area contributed by atoms with Gasteiger partial charge in [0.15, 0.2) is 0 Å². The molecule has 0 bridgehead atoms. The van der Waals surface area contributed by atoms with Crippen molar-refractivity contribution in [2.24, 2.45) is 0 Å². The molecule has 162 valence electrons. The molecule has 1 aliphatic heterocycles. The van der Waals surface area contributed by atoms with Crippen molar-refractivity contribution in [3.8, 4) is 5.75 Å². The maximum atomic E-state index is 12.9. The lowest BCUT2D eigenvalue weighted by molar-refractivity contribution is -0.137. The van der Waals surface area contributed by atoms with E-state index in [-0.39, 0.29) is 24.2 Å². The van der Waals surface area contributed by atoms with Crippen LogP contribution in [0.5, 0.6) is 5.75 Å². The summed E-state index contributed by atoms with van der Waals surface area (Å²) < 4.78 is 5.43. The lowest BCUT2D eigenvalue weighted by Gasteiger charge is -2.22. The van der Waals surface area contributed by atoms with Crippen LogP contribution in [-0.4, -0.2) is 41.9 Å². The Morgan fingerprint density at radius 3 is 2.48 bits per heavy atom. The van der Waals surface area contributed by atoms with Crippen LogP contribution in [-0.2, 0) is 9.59 Å². The summed E-state index contributed by atoms with van der Waals surface area (Å²) in [7, 11) is 0. The van der Waals surface area contributed by atoms with E-state index in [1.54, 1.807) is 42.5 Å². The molecule has 0 saturated carbocycles. The number of rotatable bonds is 9. The Labute approximate surface area is 185 Å². The predicted octanol–water partition coefficient (Wildman–Crippen LogP) is 4.63. The first kappa shape index (κ1) is 22.4. The van der Waals surface area contributed by atoms with Crippen molar-refractivity contribution < 1.29 is 24.2 Å². The quantitative estimate of drug-likeness (QED) is 0.569. The first-order chi connectivity index (χ1) is 14.9. The Hall–Kier alpha value is -3.26. The van der Waals surface area contributed by atoms with E-state index in [0.29, 0.717) is 21.9 Å². The SMILES string of the molecule is CCN(CC)c1ccc(N2C(=O)S/C(=C/c3cccc(OCCC(=O)O)c3)C2=O)cc1. The van der Waals surface area contributed by atoms with Gasteiger partial charge in [0.2, 0.25) is 0 Å². The Bertz CT molecular complexity index is 999. The number of nitrogens with zero attached hydrogens (tertiary/aromatic N) is 2. The first-order valence-electron chi connectivity index (χ1n) is 10.0. The number of hydrogen-bond acceptors (Lipinski definition) is 6. The summed E-state index contributed by atoms with van der Waals surface area (Å²) in [6.45, 7) is 5.95. The van der Waals surface area contributed by atoms with Gasteiger partial charge in [-0.1, -0.05) is 12.1 Å². The first-order valence-corrected chi connectivity index (χ1v) is 10.8. The minimum Gasteiger partial charge on any atom is -0.493 e. The molecular formula is C23H24N2O5S. The number of carbonyl (C=O) groups is 3. The molecule has 0 unspecified atom stereocenters. The number of carboxylic acid groups (broad SMARTS) is 1. The second-order valence-corrected chi connectivity index (χ2v) is 7.76. The smallest absolute Gasteiger partial charge is 0.306 e. The molecule has 1 saturated heterocycles. The van der Waals surface area contributed by atoms with Crippen LogP contribution >= 0.6 is 11.8 Å². The Morgan fingerprint density at radius 2 is 1.84 bits per heavy atom. The summed E-state index contributed by atoms with van der Waals surface area (Å²) in [6.07, 6.45) is 1.54. The molecule has 1 heterocycles. The maximum Gasteiger partial charge on any atom is 0.306 e. The van der Waals surface area contributed by atoms with E-state index in [2.05, 4.69) is 18.7 Å². The van der Waals surface area contributed by atoms with Gasteiger partial charge in [-0.15, -0.1) is 0 Å². The van der Waals surface area contributed by atoms with Gasteiger partial charge in [0.05, 0.1) is 23.6 Å². The topological polar surface area (TPSA) is 87.2 Å². The van der Waals surface area contributed by atoms with Gasteiger partial charge in [-0.05, 0) is 73.6 Å². The molecule has 0 aliphatic carbocycles. The van der Waals surface area contributed by atoms with Crippen molar-refractivity contribution in [1.29, 1.82) is 0 Å². The van der Waals surface area contributed by atoms with Crippen molar-refractivity contribution in [2.45, 2.75) is 20.3 Å². The number of ether oxygens (including phenoxy) is 1. The highest BCUT2D eigenvalue weighted by Crippen LogP contribution is 2.36.